The standard InChI is InChI=1S/C11H9N2/c1-9-8-10(5-7-12-9)11-4-2-3-6-13-11/h2,4-8H,1H3. The van der Waals surface area contributed by atoms with Gasteiger partial charge in [0.2, 0.25) is 0 Å². The van der Waals surface area contributed by atoms with Gasteiger partial charge in [-0.1, -0.05) is 6.07 Å². The Morgan fingerprint density at radius 3 is 2.85 bits per heavy atom. The van der Waals surface area contributed by atoms with E-state index < -0.39 is 0 Å². The summed E-state index contributed by atoms with van der Waals surface area (Å²) in [6.07, 6.45) is 3.47. The maximum atomic E-state index is 4.21. The van der Waals surface area contributed by atoms with Crippen molar-refractivity contribution in [3.05, 3.63) is 48.4 Å². The van der Waals surface area contributed by atoms with Gasteiger partial charge in [0.05, 0.1) is 5.69 Å². The van der Waals surface area contributed by atoms with Gasteiger partial charge < -0.3 is 0 Å². The Kier molecular flexibility index (Phi) is 2.04. The molecule has 0 aliphatic rings. The maximum Gasteiger partial charge on any atom is 0.0703 e. The molecule has 0 unspecified atom stereocenters. The molecule has 2 heteroatoms. The number of hydrogen-bond donors (Lipinski definition) is 0. The first-order valence-electron chi connectivity index (χ1n) is 4.11. The molecule has 0 bridgehead atoms. The van der Waals surface area contributed by atoms with Gasteiger partial charge in [-0.05, 0) is 25.1 Å². The van der Waals surface area contributed by atoms with E-state index in [1.54, 1.807) is 12.4 Å². The van der Waals surface area contributed by atoms with Crippen LogP contribution in [0.5, 0.6) is 0 Å². The molecule has 13 heavy (non-hydrogen) atoms. The third kappa shape index (κ3) is 1.72. The Morgan fingerprint density at radius 2 is 2.15 bits per heavy atom. The van der Waals surface area contributed by atoms with Crippen LogP contribution < -0.4 is 0 Å². The molecule has 0 atom stereocenters. The summed E-state index contributed by atoms with van der Waals surface area (Å²) in [6, 6.07) is 10.7. The minimum absolute atomic E-state index is 0.962. The van der Waals surface area contributed by atoms with E-state index in [0.29, 0.717) is 0 Å². The van der Waals surface area contributed by atoms with E-state index in [9.17, 15) is 0 Å². The molecule has 0 aliphatic heterocycles. The molecule has 0 aliphatic carbocycles. The number of pyridine rings is 2. The fourth-order valence-electron chi connectivity index (χ4n) is 1.20. The van der Waals surface area contributed by atoms with Crippen LogP contribution in [0.25, 0.3) is 11.3 Å². The molecule has 0 amide bonds. The topological polar surface area (TPSA) is 25.8 Å². The Labute approximate surface area is 77.3 Å². The van der Waals surface area contributed by atoms with Gasteiger partial charge >= 0.3 is 0 Å². The second-order valence-corrected chi connectivity index (χ2v) is 2.83. The molecule has 2 heterocycles. The summed E-state index contributed by atoms with van der Waals surface area (Å²) in [7, 11) is 0. The van der Waals surface area contributed by atoms with Crippen molar-refractivity contribution < 1.29 is 0 Å². The molecule has 0 spiro atoms. The van der Waals surface area contributed by atoms with E-state index in [-0.39, 0.29) is 0 Å². The summed E-state index contributed by atoms with van der Waals surface area (Å²) in [6.45, 7) is 1.97. The monoisotopic (exact) mass is 169 g/mol. The molecule has 2 nitrogen and oxygen atoms in total. The first-order valence-corrected chi connectivity index (χ1v) is 4.11. The number of aromatic nitrogens is 2. The van der Waals surface area contributed by atoms with Crippen LogP contribution in [0.15, 0.2) is 36.7 Å². The van der Waals surface area contributed by atoms with Gasteiger partial charge in [0.1, 0.15) is 0 Å². The summed E-state index contributed by atoms with van der Waals surface area (Å²) in [5.74, 6) is 0. The summed E-state index contributed by atoms with van der Waals surface area (Å²) >= 11 is 0. The molecule has 0 N–H and O–H groups in total. The van der Waals surface area contributed by atoms with Crippen molar-refractivity contribution in [1.82, 2.24) is 9.97 Å². The van der Waals surface area contributed by atoms with Crippen molar-refractivity contribution in [3.8, 4) is 11.3 Å². The number of rotatable bonds is 1. The third-order valence-corrected chi connectivity index (χ3v) is 1.81. The van der Waals surface area contributed by atoms with Gasteiger partial charge in [0.25, 0.3) is 0 Å². The minimum Gasteiger partial charge on any atom is -0.262 e. The largest absolute Gasteiger partial charge is 0.262 e. The van der Waals surface area contributed by atoms with Crippen molar-refractivity contribution in [2.75, 3.05) is 0 Å². The summed E-state index contributed by atoms with van der Waals surface area (Å²) in [5, 5.41) is 0. The fourth-order valence-corrected chi connectivity index (χ4v) is 1.20. The molecule has 1 radical (unpaired) electrons. The quantitative estimate of drug-likeness (QED) is 0.654. The zero-order valence-electron chi connectivity index (χ0n) is 7.36. The van der Waals surface area contributed by atoms with Gasteiger partial charge in [0, 0.05) is 29.7 Å². The number of aryl methyl sites for hydroxylation is 1. The second kappa shape index (κ2) is 3.35. The van der Waals surface area contributed by atoms with Crippen LogP contribution in [0, 0.1) is 13.0 Å². The van der Waals surface area contributed by atoms with Crippen LogP contribution in [-0.4, -0.2) is 9.97 Å². The van der Waals surface area contributed by atoms with E-state index in [1.807, 2.05) is 31.2 Å². The van der Waals surface area contributed by atoms with E-state index in [2.05, 4.69) is 16.0 Å². The van der Waals surface area contributed by atoms with Gasteiger partial charge in [0.15, 0.2) is 0 Å². The van der Waals surface area contributed by atoms with Gasteiger partial charge in [-0.3, -0.25) is 9.97 Å². The van der Waals surface area contributed by atoms with Crippen molar-refractivity contribution in [2.24, 2.45) is 0 Å². The second-order valence-electron chi connectivity index (χ2n) is 2.83. The van der Waals surface area contributed by atoms with Crippen molar-refractivity contribution in [3.63, 3.8) is 0 Å². The fraction of sp³-hybridized carbons (Fsp3) is 0.0909. The summed E-state index contributed by atoms with van der Waals surface area (Å²) in [5.41, 5.74) is 3.07. The van der Waals surface area contributed by atoms with Crippen molar-refractivity contribution in [1.29, 1.82) is 0 Å². The van der Waals surface area contributed by atoms with Gasteiger partial charge in [-0.2, -0.15) is 0 Å². The average molecular weight is 169 g/mol. The highest BCUT2D eigenvalue weighted by atomic mass is 14.7. The van der Waals surface area contributed by atoms with Crippen molar-refractivity contribution in [2.45, 2.75) is 6.92 Å². The van der Waals surface area contributed by atoms with Crippen LogP contribution in [0.3, 0.4) is 0 Å². The molecule has 0 saturated carbocycles. The molecular weight excluding hydrogens is 160 g/mol. The molecule has 2 aromatic rings. The Hall–Kier alpha value is -1.70. The van der Waals surface area contributed by atoms with E-state index in [1.165, 1.54) is 0 Å². The van der Waals surface area contributed by atoms with E-state index in [4.69, 9.17) is 0 Å². The molecule has 0 fully saturated rings. The van der Waals surface area contributed by atoms with Crippen LogP contribution >= 0.6 is 0 Å². The molecule has 0 saturated heterocycles. The minimum atomic E-state index is 0.962. The number of hydrogen-bond acceptors (Lipinski definition) is 2. The number of nitrogens with zero attached hydrogens (tertiary/aromatic N) is 2. The third-order valence-electron chi connectivity index (χ3n) is 1.81. The predicted molar refractivity (Wildman–Crippen MR) is 51.0 cm³/mol. The van der Waals surface area contributed by atoms with Gasteiger partial charge in [-0.15, -0.1) is 0 Å². The molecular formula is C11H9N2. The Balaban J connectivity index is 2.48. The van der Waals surface area contributed by atoms with E-state index in [0.717, 1.165) is 17.0 Å². The lowest BCUT2D eigenvalue weighted by atomic mass is 10.1. The zero-order valence-corrected chi connectivity index (χ0v) is 7.36. The van der Waals surface area contributed by atoms with Crippen LogP contribution in [0.1, 0.15) is 5.69 Å². The SMILES string of the molecule is Cc1cc(-c2cc[c]cn2)ccn1. The van der Waals surface area contributed by atoms with Crippen LogP contribution in [0.2, 0.25) is 0 Å². The summed E-state index contributed by atoms with van der Waals surface area (Å²) in [4.78, 5) is 8.34. The molecule has 63 valence electrons. The highest BCUT2D eigenvalue weighted by Gasteiger charge is 1.97. The smallest absolute Gasteiger partial charge is 0.0703 e. The highest BCUT2D eigenvalue weighted by Crippen LogP contribution is 2.15. The first kappa shape index (κ1) is 7.92. The Morgan fingerprint density at radius 1 is 1.23 bits per heavy atom. The lowest BCUT2D eigenvalue weighted by molar-refractivity contribution is 1.19. The van der Waals surface area contributed by atoms with Gasteiger partial charge in [-0.25, -0.2) is 0 Å². The lowest BCUT2D eigenvalue weighted by Gasteiger charge is -1.99. The zero-order chi connectivity index (χ0) is 9.10. The average Bonchev–Trinajstić information content (AvgIpc) is 2.19. The molecule has 2 rings (SSSR count). The molecule has 0 aromatic carbocycles. The first-order chi connectivity index (χ1) is 6.36. The predicted octanol–water partition coefficient (Wildman–Crippen LogP) is 2.25. The molecule has 2 aromatic heterocycles. The lowest BCUT2D eigenvalue weighted by Crippen LogP contribution is -1.84. The van der Waals surface area contributed by atoms with Crippen LogP contribution in [-0.2, 0) is 0 Å². The van der Waals surface area contributed by atoms with Crippen molar-refractivity contribution >= 4 is 0 Å². The highest BCUT2D eigenvalue weighted by molar-refractivity contribution is 5.58. The van der Waals surface area contributed by atoms with Crippen LogP contribution in [0.4, 0.5) is 0 Å². The Bertz CT molecular complexity index is 396. The normalized spacial score (nSPS) is 9.92. The maximum absolute atomic E-state index is 4.21. The summed E-state index contributed by atoms with van der Waals surface area (Å²) < 4.78 is 0. The van der Waals surface area contributed by atoms with E-state index >= 15 is 0 Å².